The number of ether oxygens (including phenoxy) is 1. The van der Waals surface area contributed by atoms with E-state index in [1.54, 1.807) is 12.4 Å². The first-order valence-electron chi connectivity index (χ1n) is 8.64. The van der Waals surface area contributed by atoms with Gasteiger partial charge in [0.2, 0.25) is 0 Å². The number of hydrogen-bond acceptors (Lipinski definition) is 5. The minimum Gasteiger partial charge on any atom is -0.489 e. The van der Waals surface area contributed by atoms with Crippen molar-refractivity contribution in [2.24, 2.45) is 7.05 Å². The van der Waals surface area contributed by atoms with Gasteiger partial charge in [0.05, 0.1) is 34.2 Å². The van der Waals surface area contributed by atoms with Crippen molar-refractivity contribution >= 4 is 49.6 Å². The van der Waals surface area contributed by atoms with Crippen molar-refractivity contribution in [1.82, 2.24) is 9.55 Å². The third-order valence-electron chi connectivity index (χ3n) is 3.99. The molecule has 0 unspecified atom stereocenters. The van der Waals surface area contributed by atoms with Gasteiger partial charge in [-0.1, -0.05) is 6.07 Å². The van der Waals surface area contributed by atoms with Crippen LogP contribution in [0.1, 0.15) is 13.8 Å². The van der Waals surface area contributed by atoms with Gasteiger partial charge >= 0.3 is 0 Å². The Kier molecular flexibility index (Phi) is 5.57. The molecule has 0 aliphatic rings. The van der Waals surface area contributed by atoms with E-state index >= 15 is 0 Å². The number of hydrogen-bond donors (Lipinski definition) is 2. The number of aryl methyl sites for hydroxylation is 1. The zero-order valence-corrected chi connectivity index (χ0v) is 17.7. The second-order valence-corrected chi connectivity index (χ2v) is 9.13. The molecule has 1 aromatic heterocycles. The fourth-order valence-electron chi connectivity index (χ4n) is 2.73. The summed E-state index contributed by atoms with van der Waals surface area (Å²) in [5, 5.41) is 6.47. The van der Waals surface area contributed by atoms with Crippen LogP contribution in [0.15, 0.2) is 47.6 Å². The van der Waals surface area contributed by atoms with Crippen molar-refractivity contribution in [2.45, 2.75) is 24.8 Å². The van der Waals surface area contributed by atoms with E-state index in [1.807, 2.05) is 43.7 Å². The summed E-state index contributed by atoms with van der Waals surface area (Å²) in [6.45, 7) is 3.79. The first-order chi connectivity index (χ1) is 13.1. The summed E-state index contributed by atoms with van der Waals surface area (Å²) < 4.78 is 31.5. The van der Waals surface area contributed by atoms with Gasteiger partial charge in [-0.3, -0.25) is 0 Å². The molecule has 0 amide bonds. The summed E-state index contributed by atoms with van der Waals surface area (Å²) in [6, 6.07) is 10.4. The molecule has 0 radical (unpaired) electrons. The van der Waals surface area contributed by atoms with E-state index in [9.17, 15) is 8.42 Å². The molecule has 3 rings (SSSR count). The molecule has 7 nitrogen and oxygen atoms in total. The third kappa shape index (κ3) is 4.42. The van der Waals surface area contributed by atoms with Crippen molar-refractivity contribution in [3.05, 3.63) is 42.7 Å². The van der Waals surface area contributed by atoms with E-state index in [1.165, 1.54) is 12.1 Å². The molecule has 0 fully saturated rings. The Labute approximate surface area is 169 Å². The van der Waals surface area contributed by atoms with E-state index in [0.29, 0.717) is 16.5 Å². The number of nitrogens with one attached hydrogen (secondary N) is 2. The number of benzene rings is 2. The molecular formula is C19H22N4O3S2. The van der Waals surface area contributed by atoms with E-state index in [4.69, 9.17) is 17.0 Å². The predicted molar refractivity (Wildman–Crippen MR) is 116 cm³/mol. The van der Waals surface area contributed by atoms with Crippen LogP contribution in [-0.2, 0) is 16.9 Å². The molecule has 0 saturated heterocycles. The molecule has 1 heterocycles. The molecule has 0 atom stereocenters. The molecular weight excluding hydrogens is 396 g/mol. The molecule has 0 spiro atoms. The van der Waals surface area contributed by atoms with Crippen LogP contribution in [0.4, 0.5) is 11.4 Å². The largest absolute Gasteiger partial charge is 0.489 e. The Morgan fingerprint density at radius 1 is 1.18 bits per heavy atom. The first-order valence-corrected chi connectivity index (χ1v) is 10.9. The number of nitrogens with zero attached hydrogens (tertiary/aromatic N) is 2. The lowest BCUT2D eigenvalue weighted by Crippen LogP contribution is -2.20. The SMILES string of the molecule is CC(C)Oc1ccc(S(C)(=O)=O)cc1NC(=S)Nc1cccc2c1ncn2C. The van der Waals surface area contributed by atoms with Gasteiger partial charge in [-0.05, 0) is 56.4 Å². The van der Waals surface area contributed by atoms with E-state index in [-0.39, 0.29) is 11.0 Å². The van der Waals surface area contributed by atoms with Crippen molar-refractivity contribution in [2.75, 3.05) is 16.9 Å². The standard InChI is InChI=1S/C19H22N4O3S2/c1-12(2)26-17-9-8-13(28(4,24)25)10-15(17)22-19(27)21-14-6-5-7-16-18(14)20-11-23(16)3/h5-12H,1-4H3,(H2,21,22,27). The van der Waals surface area contributed by atoms with Crippen molar-refractivity contribution in [3.8, 4) is 5.75 Å². The summed E-state index contributed by atoms with van der Waals surface area (Å²) in [4.78, 5) is 4.57. The maximum absolute atomic E-state index is 11.9. The van der Waals surface area contributed by atoms with Gasteiger partial charge < -0.3 is 19.9 Å². The number of para-hydroxylation sites is 1. The van der Waals surface area contributed by atoms with Crippen molar-refractivity contribution in [3.63, 3.8) is 0 Å². The van der Waals surface area contributed by atoms with Crippen LogP contribution < -0.4 is 15.4 Å². The fraction of sp³-hybridized carbons (Fsp3) is 0.263. The van der Waals surface area contributed by atoms with Crippen molar-refractivity contribution in [1.29, 1.82) is 0 Å². The van der Waals surface area contributed by atoms with Crippen LogP contribution in [0.3, 0.4) is 0 Å². The quantitative estimate of drug-likeness (QED) is 0.613. The Bertz CT molecular complexity index is 1140. The van der Waals surface area contributed by atoms with Gasteiger partial charge in [0.25, 0.3) is 0 Å². The molecule has 3 aromatic rings. The van der Waals surface area contributed by atoms with Crippen LogP contribution in [0.5, 0.6) is 5.75 Å². The monoisotopic (exact) mass is 418 g/mol. The summed E-state index contributed by atoms with van der Waals surface area (Å²) in [5.41, 5.74) is 2.98. The molecule has 0 saturated carbocycles. The fourth-order valence-corrected chi connectivity index (χ4v) is 3.60. The Hall–Kier alpha value is -2.65. The Balaban J connectivity index is 1.89. The molecule has 2 aromatic carbocycles. The molecule has 0 aliphatic carbocycles. The van der Waals surface area contributed by atoms with Crippen LogP contribution >= 0.6 is 12.2 Å². The zero-order chi connectivity index (χ0) is 20.5. The maximum Gasteiger partial charge on any atom is 0.175 e. The highest BCUT2D eigenvalue weighted by Gasteiger charge is 2.15. The molecule has 148 valence electrons. The summed E-state index contributed by atoms with van der Waals surface area (Å²) >= 11 is 5.44. The molecule has 0 bridgehead atoms. The smallest absolute Gasteiger partial charge is 0.175 e. The molecule has 9 heteroatoms. The van der Waals surface area contributed by atoms with E-state index in [2.05, 4.69) is 15.6 Å². The number of imidazole rings is 1. The normalized spacial score (nSPS) is 11.6. The maximum atomic E-state index is 11.9. The zero-order valence-electron chi connectivity index (χ0n) is 16.1. The van der Waals surface area contributed by atoms with Gasteiger partial charge in [0.15, 0.2) is 14.9 Å². The van der Waals surface area contributed by atoms with E-state index < -0.39 is 9.84 Å². The summed E-state index contributed by atoms with van der Waals surface area (Å²) in [7, 11) is -1.44. The lowest BCUT2D eigenvalue weighted by molar-refractivity contribution is 0.243. The highest BCUT2D eigenvalue weighted by atomic mass is 32.2. The molecule has 28 heavy (non-hydrogen) atoms. The van der Waals surface area contributed by atoms with Gasteiger partial charge in [0, 0.05) is 13.3 Å². The predicted octanol–water partition coefficient (Wildman–Crippen LogP) is 3.57. The van der Waals surface area contributed by atoms with Crippen LogP contribution in [0.2, 0.25) is 0 Å². The highest BCUT2D eigenvalue weighted by Crippen LogP contribution is 2.29. The van der Waals surface area contributed by atoms with Crippen LogP contribution in [0.25, 0.3) is 11.0 Å². The lowest BCUT2D eigenvalue weighted by atomic mass is 10.2. The number of sulfone groups is 1. The average Bonchev–Trinajstić information content (AvgIpc) is 2.97. The van der Waals surface area contributed by atoms with Gasteiger partial charge in [-0.25, -0.2) is 13.4 Å². The second kappa shape index (κ2) is 7.76. The van der Waals surface area contributed by atoms with Gasteiger partial charge in [-0.2, -0.15) is 0 Å². The molecule has 2 N–H and O–H groups in total. The van der Waals surface area contributed by atoms with Gasteiger partial charge in [-0.15, -0.1) is 0 Å². The average molecular weight is 419 g/mol. The third-order valence-corrected chi connectivity index (χ3v) is 5.31. The van der Waals surface area contributed by atoms with Gasteiger partial charge in [0.1, 0.15) is 11.3 Å². The lowest BCUT2D eigenvalue weighted by Gasteiger charge is -2.17. The number of aromatic nitrogens is 2. The van der Waals surface area contributed by atoms with E-state index in [0.717, 1.165) is 23.0 Å². The molecule has 0 aliphatic heterocycles. The topological polar surface area (TPSA) is 85.2 Å². The van der Waals surface area contributed by atoms with Crippen molar-refractivity contribution < 1.29 is 13.2 Å². The summed E-state index contributed by atoms with van der Waals surface area (Å²) in [6.07, 6.45) is 2.82. The minimum absolute atomic E-state index is 0.0755. The number of thiocarbonyl (C=S) groups is 1. The first kappa shape index (κ1) is 20.1. The Morgan fingerprint density at radius 3 is 2.57 bits per heavy atom. The Morgan fingerprint density at radius 2 is 1.89 bits per heavy atom. The summed E-state index contributed by atoms with van der Waals surface area (Å²) in [5.74, 6) is 0.516. The number of anilines is 2. The van der Waals surface area contributed by atoms with Crippen LogP contribution in [0, 0.1) is 0 Å². The second-order valence-electron chi connectivity index (χ2n) is 6.70. The number of rotatable bonds is 5. The number of fused-ring (bicyclic) bond motifs is 1. The highest BCUT2D eigenvalue weighted by molar-refractivity contribution is 7.90. The minimum atomic E-state index is -3.36. The van der Waals surface area contributed by atoms with Crippen LogP contribution in [-0.4, -0.2) is 35.4 Å².